The minimum absolute atomic E-state index is 0.251. The van der Waals surface area contributed by atoms with Gasteiger partial charge in [-0.15, -0.1) is 0 Å². The maximum Gasteiger partial charge on any atom is 0.224 e. The molecule has 0 N–H and O–H groups in total. The van der Waals surface area contributed by atoms with E-state index in [4.69, 9.17) is 0 Å². The van der Waals surface area contributed by atoms with E-state index in [0.717, 1.165) is 26.1 Å². The van der Waals surface area contributed by atoms with Crippen molar-refractivity contribution in [2.75, 3.05) is 13.1 Å². The highest BCUT2D eigenvalue weighted by atomic mass is 16.2. The summed E-state index contributed by atoms with van der Waals surface area (Å²) < 4.78 is 2.22. The minimum atomic E-state index is 0.251. The summed E-state index contributed by atoms with van der Waals surface area (Å²) in [6.45, 7) is 9.80. The Labute approximate surface area is 156 Å². The van der Waals surface area contributed by atoms with E-state index in [-0.39, 0.29) is 11.9 Å². The molecule has 3 rings (SSSR count). The summed E-state index contributed by atoms with van der Waals surface area (Å²) in [5.74, 6) is 0.264. The fourth-order valence-corrected chi connectivity index (χ4v) is 3.73. The largest absolute Gasteiger partial charge is 0.334 e. The van der Waals surface area contributed by atoms with Gasteiger partial charge in [0.2, 0.25) is 5.91 Å². The molecule has 26 heavy (non-hydrogen) atoms. The number of carbonyl (C=O) groups excluding carboxylic acids is 1. The highest BCUT2D eigenvalue weighted by Gasteiger charge is 2.29. The average molecular weight is 354 g/mol. The lowest BCUT2D eigenvalue weighted by Crippen LogP contribution is -2.42. The molecule has 2 heterocycles. The molecule has 0 unspecified atom stereocenters. The van der Waals surface area contributed by atoms with Crippen LogP contribution < -0.4 is 0 Å². The Balaban J connectivity index is 1.72. The van der Waals surface area contributed by atoms with E-state index in [2.05, 4.69) is 52.3 Å². The highest BCUT2D eigenvalue weighted by molar-refractivity contribution is 5.77. The molecule has 0 spiro atoms. The van der Waals surface area contributed by atoms with Crippen molar-refractivity contribution in [3.05, 3.63) is 54.1 Å². The first-order valence-electron chi connectivity index (χ1n) is 9.65. The quantitative estimate of drug-likeness (QED) is 0.797. The van der Waals surface area contributed by atoms with Gasteiger partial charge < -0.3 is 9.47 Å². The molecule has 1 aliphatic rings. The Morgan fingerprint density at radius 1 is 1.19 bits per heavy atom. The first-order valence-corrected chi connectivity index (χ1v) is 9.65. The van der Waals surface area contributed by atoms with Crippen molar-refractivity contribution < 1.29 is 4.79 Å². The predicted molar refractivity (Wildman–Crippen MR) is 104 cm³/mol. The molecule has 1 atom stereocenters. The summed E-state index contributed by atoms with van der Waals surface area (Å²) in [4.78, 5) is 21.6. The Hall–Kier alpha value is -2.14. The summed E-state index contributed by atoms with van der Waals surface area (Å²) in [6, 6.07) is 11.0. The van der Waals surface area contributed by atoms with Crippen molar-refractivity contribution in [2.45, 2.75) is 58.8 Å². The van der Waals surface area contributed by atoms with Crippen LogP contribution in [-0.2, 0) is 17.9 Å². The topological polar surface area (TPSA) is 41.4 Å². The van der Waals surface area contributed by atoms with E-state index in [0.29, 0.717) is 19.0 Å². The summed E-state index contributed by atoms with van der Waals surface area (Å²) in [5.41, 5.74) is 2.42. The van der Waals surface area contributed by atoms with Crippen LogP contribution in [0.2, 0.25) is 0 Å². The van der Waals surface area contributed by atoms with Gasteiger partial charge in [0.25, 0.3) is 0 Å². The molecule has 1 amide bonds. The zero-order valence-corrected chi connectivity index (χ0v) is 16.1. The molecule has 0 saturated carbocycles. The van der Waals surface area contributed by atoms with Crippen LogP contribution in [0.4, 0.5) is 0 Å². The number of rotatable bonds is 6. The molecule has 2 aromatic rings. The zero-order chi connectivity index (χ0) is 18.5. The summed E-state index contributed by atoms with van der Waals surface area (Å²) in [7, 11) is 0. The van der Waals surface area contributed by atoms with Crippen molar-refractivity contribution in [3.8, 4) is 0 Å². The number of aromatic nitrogens is 2. The first-order chi connectivity index (χ1) is 12.6. The third-order valence-electron chi connectivity index (χ3n) is 5.23. The Morgan fingerprint density at radius 2 is 1.96 bits per heavy atom. The van der Waals surface area contributed by atoms with Gasteiger partial charge >= 0.3 is 0 Å². The summed E-state index contributed by atoms with van der Waals surface area (Å²) >= 11 is 0. The van der Waals surface area contributed by atoms with Gasteiger partial charge in [0.05, 0.1) is 12.0 Å². The molecule has 0 aliphatic carbocycles. The van der Waals surface area contributed by atoms with Gasteiger partial charge in [-0.25, -0.2) is 4.98 Å². The van der Waals surface area contributed by atoms with Crippen LogP contribution in [0.1, 0.15) is 50.9 Å². The first kappa shape index (κ1) is 18.6. The van der Waals surface area contributed by atoms with Crippen LogP contribution in [0, 0.1) is 0 Å². The van der Waals surface area contributed by atoms with Gasteiger partial charge in [0.1, 0.15) is 0 Å². The molecule has 1 saturated heterocycles. The van der Waals surface area contributed by atoms with Crippen LogP contribution in [0.5, 0.6) is 0 Å². The smallest absolute Gasteiger partial charge is 0.224 e. The van der Waals surface area contributed by atoms with Gasteiger partial charge in [-0.05, 0) is 25.8 Å². The summed E-state index contributed by atoms with van der Waals surface area (Å²) in [6.07, 6.45) is 5.41. The second kappa shape index (κ2) is 8.49. The van der Waals surface area contributed by atoms with Crippen LogP contribution in [0.15, 0.2) is 42.9 Å². The third-order valence-corrected chi connectivity index (χ3v) is 5.23. The van der Waals surface area contributed by atoms with Gasteiger partial charge in [0.15, 0.2) is 0 Å². The molecular weight excluding hydrogens is 324 g/mol. The molecule has 0 bridgehead atoms. The summed E-state index contributed by atoms with van der Waals surface area (Å²) in [5, 5.41) is 0. The number of benzene rings is 1. The molecule has 0 radical (unpaired) electrons. The van der Waals surface area contributed by atoms with Gasteiger partial charge in [-0.2, -0.15) is 0 Å². The minimum Gasteiger partial charge on any atom is -0.334 e. The SMILES string of the molecule is CC[C@H]1CN(Cc2cncn2C(C)C)CCC(=O)N1Cc1ccccc1. The van der Waals surface area contributed by atoms with E-state index in [1.807, 2.05) is 30.7 Å². The van der Waals surface area contributed by atoms with Crippen molar-refractivity contribution >= 4 is 5.91 Å². The van der Waals surface area contributed by atoms with E-state index < -0.39 is 0 Å². The number of nitrogens with zero attached hydrogens (tertiary/aromatic N) is 4. The zero-order valence-electron chi connectivity index (χ0n) is 16.1. The fraction of sp³-hybridized carbons (Fsp3) is 0.524. The van der Waals surface area contributed by atoms with E-state index in [1.54, 1.807) is 0 Å². The second-order valence-electron chi connectivity index (χ2n) is 7.44. The lowest BCUT2D eigenvalue weighted by molar-refractivity contribution is -0.133. The Morgan fingerprint density at radius 3 is 2.65 bits per heavy atom. The molecule has 1 fully saturated rings. The molecule has 5 heteroatoms. The lowest BCUT2D eigenvalue weighted by atomic mass is 10.1. The van der Waals surface area contributed by atoms with Gasteiger partial charge in [-0.1, -0.05) is 37.3 Å². The van der Waals surface area contributed by atoms with Crippen molar-refractivity contribution in [2.24, 2.45) is 0 Å². The number of carbonyl (C=O) groups is 1. The Kier molecular flexibility index (Phi) is 6.09. The molecule has 1 aliphatic heterocycles. The van der Waals surface area contributed by atoms with E-state index in [9.17, 15) is 4.79 Å². The maximum atomic E-state index is 12.8. The normalized spacial score (nSPS) is 19.2. The molecule has 140 valence electrons. The number of amides is 1. The monoisotopic (exact) mass is 354 g/mol. The Bertz CT molecular complexity index is 710. The average Bonchev–Trinajstić information content (AvgIpc) is 3.05. The highest BCUT2D eigenvalue weighted by Crippen LogP contribution is 2.20. The predicted octanol–water partition coefficient (Wildman–Crippen LogP) is 3.48. The fourth-order valence-electron chi connectivity index (χ4n) is 3.73. The van der Waals surface area contributed by atoms with E-state index >= 15 is 0 Å². The molecule has 1 aromatic carbocycles. The maximum absolute atomic E-state index is 12.8. The van der Waals surface area contributed by atoms with Gasteiger partial charge in [0, 0.05) is 50.9 Å². The van der Waals surface area contributed by atoms with E-state index in [1.165, 1.54) is 11.3 Å². The molecule has 5 nitrogen and oxygen atoms in total. The molecular formula is C21H30N4O. The lowest BCUT2D eigenvalue weighted by Gasteiger charge is -2.31. The second-order valence-corrected chi connectivity index (χ2v) is 7.44. The number of imidazole rings is 1. The van der Waals surface area contributed by atoms with Crippen molar-refractivity contribution in [3.63, 3.8) is 0 Å². The molecule has 1 aromatic heterocycles. The number of hydrogen-bond donors (Lipinski definition) is 0. The van der Waals surface area contributed by atoms with Crippen LogP contribution in [-0.4, -0.2) is 44.4 Å². The van der Waals surface area contributed by atoms with Crippen LogP contribution in [0.3, 0.4) is 0 Å². The standard InChI is InChI=1S/C21H30N4O/c1-4-19-14-23(15-20-12-22-16-25(20)17(2)3)11-10-21(26)24(19)13-18-8-6-5-7-9-18/h5-9,12,16-17,19H,4,10-11,13-15H2,1-3H3/t19-/m0/s1. The van der Waals surface area contributed by atoms with Crippen molar-refractivity contribution in [1.29, 1.82) is 0 Å². The van der Waals surface area contributed by atoms with Crippen molar-refractivity contribution in [1.82, 2.24) is 19.4 Å². The van der Waals surface area contributed by atoms with Crippen LogP contribution >= 0.6 is 0 Å². The van der Waals surface area contributed by atoms with Gasteiger partial charge in [-0.3, -0.25) is 9.69 Å². The van der Waals surface area contributed by atoms with Crippen LogP contribution in [0.25, 0.3) is 0 Å². The third kappa shape index (κ3) is 4.33. The number of hydrogen-bond acceptors (Lipinski definition) is 3.